The first-order valence-corrected chi connectivity index (χ1v) is 6.34. The number of nitrogens with two attached hydrogens (primary N) is 1. The Labute approximate surface area is 97.1 Å². The van der Waals surface area contributed by atoms with E-state index in [1.807, 2.05) is 4.90 Å². The molecule has 2 fully saturated rings. The summed E-state index contributed by atoms with van der Waals surface area (Å²) in [4.78, 5) is 14.0. The molecule has 0 unspecified atom stereocenters. The molecule has 16 heavy (non-hydrogen) atoms. The van der Waals surface area contributed by atoms with Crippen molar-refractivity contribution in [2.45, 2.75) is 44.7 Å². The van der Waals surface area contributed by atoms with Gasteiger partial charge in [0.1, 0.15) is 0 Å². The fourth-order valence-corrected chi connectivity index (χ4v) is 2.89. The van der Waals surface area contributed by atoms with Crippen molar-refractivity contribution in [3.63, 3.8) is 0 Å². The summed E-state index contributed by atoms with van der Waals surface area (Å²) in [5, 5.41) is 0. The van der Waals surface area contributed by atoms with Gasteiger partial charge in [0.2, 0.25) is 5.91 Å². The summed E-state index contributed by atoms with van der Waals surface area (Å²) in [5.74, 6) is 0.612. The van der Waals surface area contributed by atoms with Crippen LogP contribution in [0.15, 0.2) is 0 Å². The third-order valence-electron chi connectivity index (χ3n) is 3.75. The van der Waals surface area contributed by atoms with Crippen molar-refractivity contribution in [1.29, 1.82) is 0 Å². The number of nitrogens with zero attached hydrogens (tertiary/aromatic N) is 1. The molecule has 0 aromatic heterocycles. The van der Waals surface area contributed by atoms with Gasteiger partial charge >= 0.3 is 0 Å². The summed E-state index contributed by atoms with van der Waals surface area (Å²) in [6, 6.07) is -0.0181. The summed E-state index contributed by atoms with van der Waals surface area (Å²) in [5.41, 5.74) is 5.71. The van der Waals surface area contributed by atoms with Gasteiger partial charge in [-0.15, -0.1) is 0 Å². The first-order chi connectivity index (χ1) is 7.70. The molecule has 0 aromatic carbocycles. The zero-order chi connectivity index (χ0) is 11.5. The van der Waals surface area contributed by atoms with E-state index in [1.165, 1.54) is 19.3 Å². The molecule has 0 aromatic rings. The van der Waals surface area contributed by atoms with Gasteiger partial charge in [-0.2, -0.15) is 0 Å². The highest BCUT2D eigenvalue weighted by Gasteiger charge is 2.35. The molecule has 1 aliphatic heterocycles. The van der Waals surface area contributed by atoms with Gasteiger partial charge in [0.25, 0.3) is 0 Å². The second kappa shape index (κ2) is 5.15. The van der Waals surface area contributed by atoms with Gasteiger partial charge < -0.3 is 15.4 Å². The molecule has 1 aliphatic carbocycles. The number of hydrogen-bond acceptors (Lipinski definition) is 3. The molecule has 0 bridgehead atoms. The van der Waals surface area contributed by atoms with E-state index in [4.69, 9.17) is 10.5 Å². The first-order valence-electron chi connectivity index (χ1n) is 6.34. The minimum atomic E-state index is -0.388. The number of amides is 1. The SMILES string of the molecule is C[C@H](N)C(=O)N1CCOC[C@H]2CCCC[C@@H]21. The lowest BCUT2D eigenvalue weighted by atomic mass is 9.84. The quantitative estimate of drug-likeness (QED) is 0.718. The van der Waals surface area contributed by atoms with E-state index >= 15 is 0 Å². The molecule has 4 nitrogen and oxygen atoms in total. The van der Waals surface area contributed by atoms with Gasteiger partial charge in [0.05, 0.1) is 19.3 Å². The highest BCUT2D eigenvalue weighted by molar-refractivity contribution is 5.81. The predicted molar refractivity (Wildman–Crippen MR) is 61.9 cm³/mol. The largest absolute Gasteiger partial charge is 0.379 e. The highest BCUT2D eigenvalue weighted by atomic mass is 16.5. The van der Waals surface area contributed by atoms with Crippen LogP contribution in [0.4, 0.5) is 0 Å². The van der Waals surface area contributed by atoms with Crippen molar-refractivity contribution in [3.05, 3.63) is 0 Å². The van der Waals surface area contributed by atoms with Gasteiger partial charge in [-0.3, -0.25) is 4.79 Å². The first kappa shape index (κ1) is 11.9. The molecule has 92 valence electrons. The minimum absolute atomic E-state index is 0.0856. The Bertz CT molecular complexity index is 255. The summed E-state index contributed by atoms with van der Waals surface area (Å²) in [6.45, 7) is 3.95. The zero-order valence-corrected chi connectivity index (χ0v) is 10.0. The van der Waals surface area contributed by atoms with Crippen LogP contribution in [0.5, 0.6) is 0 Å². The summed E-state index contributed by atoms with van der Waals surface area (Å²) in [7, 11) is 0. The van der Waals surface area contributed by atoms with Gasteiger partial charge in [-0.1, -0.05) is 12.8 Å². The molecule has 2 N–H and O–H groups in total. The fraction of sp³-hybridized carbons (Fsp3) is 0.917. The Kier molecular flexibility index (Phi) is 3.82. The van der Waals surface area contributed by atoms with Crippen molar-refractivity contribution in [3.8, 4) is 0 Å². The average Bonchev–Trinajstić information content (AvgIpc) is 2.50. The number of rotatable bonds is 1. The average molecular weight is 226 g/mol. The van der Waals surface area contributed by atoms with E-state index in [9.17, 15) is 4.79 Å². The van der Waals surface area contributed by atoms with E-state index in [0.717, 1.165) is 13.0 Å². The van der Waals surface area contributed by atoms with Gasteiger partial charge in [0, 0.05) is 18.5 Å². The van der Waals surface area contributed by atoms with Crippen molar-refractivity contribution in [1.82, 2.24) is 4.90 Å². The smallest absolute Gasteiger partial charge is 0.239 e. The maximum absolute atomic E-state index is 12.1. The maximum Gasteiger partial charge on any atom is 0.239 e. The van der Waals surface area contributed by atoms with E-state index in [2.05, 4.69) is 0 Å². The highest BCUT2D eigenvalue weighted by Crippen LogP contribution is 2.30. The molecule has 1 saturated heterocycles. The molecule has 3 atom stereocenters. The molecule has 2 rings (SSSR count). The lowest BCUT2D eigenvalue weighted by Gasteiger charge is -2.38. The van der Waals surface area contributed by atoms with E-state index in [0.29, 0.717) is 25.1 Å². The Morgan fingerprint density at radius 2 is 2.19 bits per heavy atom. The number of fused-ring (bicyclic) bond motifs is 1. The fourth-order valence-electron chi connectivity index (χ4n) is 2.89. The summed E-state index contributed by atoms with van der Waals surface area (Å²) < 4.78 is 5.59. The van der Waals surface area contributed by atoms with Crippen LogP contribution in [0.2, 0.25) is 0 Å². The Hall–Kier alpha value is -0.610. The van der Waals surface area contributed by atoms with Crippen molar-refractivity contribution >= 4 is 5.91 Å². The van der Waals surface area contributed by atoms with Gasteiger partial charge in [-0.25, -0.2) is 0 Å². The Morgan fingerprint density at radius 3 is 2.94 bits per heavy atom. The molecule has 0 spiro atoms. The molecular formula is C12H22N2O2. The molecule has 1 heterocycles. The van der Waals surface area contributed by atoms with Gasteiger partial charge in [0.15, 0.2) is 0 Å². The molecule has 0 radical (unpaired) electrons. The number of carbonyl (C=O) groups is 1. The monoisotopic (exact) mass is 226 g/mol. The van der Waals surface area contributed by atoms with Crippen molar-refractivity contribution in [2.75, 3.05) is 19.8 Å². The number of hydrogen-bond donors (Lipinski definition) is 1. The second-order valence-corrected chi connectivity index (χ2v) is 5.01. The van der Waals surface area contributed by atoms with E-state index < -0.39 is 0 Å². The number of carbonyl (C=O) groups excluding carboxylic acids is 1. The van der Waals surface area contributed by atoms with Crippen LogP contribution < -0.4 is 5.73 Å². The van der Waals surface area contributed by atoms with Crippen molar-refractivity contribution < 1.29 is 9.53 Å². The standard InChI is InChI=1S/C12H22N2O2/c1-9(13)12(15)14-6-7-16-8-10-4-2-3-5-11(10)14/h9-11H,2-8,13H2,1H3/t9-,10+,11-/m0/s1. The lowest BCUT2D eigenvalue weighted by Crippen LogP contribution is -2.51. The Balaban J connectivity index is 2.11. The van der Waals surface area contributed by atoms with E-state index in [-0.39, 0.29) is 11.9 Å². The normalized spacial score (nSPS) is 32.8. The van der Waals surface area contributed by atoms with Crippen LogP contribution in [0, 0.1) is 5.92 Å². The molecule has 2 aliphatic rings. The predicted octanol–water partition coefficient (Wildman–Crippen LogP) is 0.751. The zero-order valence-electron chi connectivity index (χ0n) is 10.0. The van der Waals surface area contributed by atoms with E-state index in [1.54, 1.807) is 6.92 Å². The van der Waals surface area contributed by atoms with Gasteiger partial charge in [-0.05, 0) is 19.8 Å². The molecular weight excluding hydrogens is 204 g/mol. The lowest BCUT2D eigenvalue weighted by molar-refractivity contribution is -0.135. The van der Waals surface area contributed by atoms with Crippen LogP contribution in [0.3, 0.4) is 0 Å². The van der Waals surface area contributed by atoms with Crippen molar-refractivity contribution in [2.24, 2.45) is 11.7 Å². The topological polar surface area (TPSA) is 55.6 Å². The summed E-state index contributed by atoms with van der Waals surface area (Å²) in [6.07, 6.45) is 4.80. The third kappa shape index (κ3) is 2.38. The maximum atomic E-state index is 12.1. The third-order valence-corrected chi connectivity index (χ3v) is 3.75. The molecule has 1 saturated carbocycles. The van der Waals surface area contributed by atoms with Crippen LogP contribution in [0.1, 0.15) is 32.6 Å². The second-order valence-electron chi connectivity index (χ2n) is 5.01. The van der Waals surface area contributed by atoms with Crippen LogP contribution >= 0.6 is 0 Å². The van der Waals surface area contributed by atoms with Crippen LogP contribution in [-0.4, -0.2) is 42.6 Å². The van der Waals surface area contributed by atoms with Crippen LogP contribution in [-0.2, 0) is 9.53 Å². The van der Waals surface area contributed by atoms with Crippen LogP contribution in [0.25, 0.3) is 0 Å². The summed E-state index contributed by atoms with van der Waals surface area (Å²) >= 11 is 0. The molecule has 4 heteroatoms. The minimum Gasteiger partial charge on any atom is -0.379 e. The molecule has 1 amide bonds. The Morgan fingerprint density at radius 1 is 1.44 bits per heavy atom. The number of ether oxygens (including phenoxy) is 1.